The Kier molecular flexibility index (Phi) is 7.68. The van der Waals surface area contributed by atoms with E-state index in [1.165, 1.54) is 12.1 Å². The largest absolute Gasteiger partial charge is 0.422 e. The molecule has 0 aromatic heterocycles. The van der Waals surface area contributed by atoms with Crippen LogP contribution in [0.15, 0.2) is 76.3 Å². The lowest BCUT2D eigenvalue weighted by atomic mass is 10.1. The van der Waals surface area contributed by atoms with Crippen LogP contribution >= 0.6 is 15.9 Å². The Labute approximate surface area is 197 Å². The van der Waals surface area contributed by atoms with Crippen LogP contribution in [-0.4, -0.2) is 23.5 Å². The summed E-state index contributed by atoms with van der Waals surface area (Å²) < 4.78 is 19.9. The van der Waals surface area contributed by atoms with E-state index in [9.17, 15) is 18.8 Å². The number of para-hydroxylation sites is 1. The summed E-state index contributed by atoms with van der Waals surface area (Å²) in [5.74, 6) is -3.18. The molecule has 2 amide bonds. The average Bonchev–Trinajstić information content (AvgIpc) is 2.79. The van der Waals surface area contributed by atoms with E-state index in [4.69, 9.17) is 4.74 Å². The van der Waals surface area contributed by atoms with Crippen molar-refractivity contribution in [3.63, 3.8) is 0 Å². The zero-order valence-corrected chi connectivity index (χ0v) is 19.3. The number of hydrazone groups is 1. The summed E-state index contributed by atoms with van der Waals surface area (Å²) in [4.78, 5) is 36.7. The lowest BCUT2D eigenvalue weighted by Gasteiger charge is -2.11. The second kappa shape index (κ2) is 10.6. The molecule has 3 aromatic rings. The predicted octanol–water partition coefficient (Wildman–Crippen LogP) is 4.59. The van der Waals surface area contributed by atoms with Crippen LogP contribution in [0.5, 0.6) is 5.75 Å². The molecule has 0 aliphatic carbocycles. The summed E-state index contributed by atoms with van der Waals surface area (Å²) in [5, 5.41) is 6.09. The van der Waals surface area contributed by atoms with Gasteiger partial charge in [-0.05, 0) is 55.8 Å². The minimum atomic E-state index is -1.09. The van der Waals surface area contributed by atoms with Crippen molar-refractivity contribution in [3.05, 3.63) is 93.7 Å². The van der Waals surface area contributed by atoms with Gasteiger partial charge in [0.1, 0.15) is 11.6 Å². The number of benzene rings is 3. The number of esters is 1. The number of carbonyl (C=O) groups is 3. The summed E-state index contributed by atoms with van der Waals surface area (Å²) in [6, 6.07) is 17.7. The molecule has 3 rings (SSSR count). The highest BCUT2D eigenvalue weighted by atomic mass is 79.9. The first-order valence-corrected chi connectivity index (χ1v) is 10.5. The number of amides is 2. The molecule has 0 saturated heterocycles. The summed E-state index contributed by atoms with van der Waals surface area (Å²) in [6.07, 6.45) is 0. The molecule has 2 N–H and O–H groups in total. The zero-order chi connectivity index (χ0) is 24.0. The zero-order valence-electron chi connectivity index (χ0n) is 17.7. The van der Waals surface area contributed by atoms with E-state index in [2.05, 4.69) is 31.8 Å². The number of halogens is 2. The molecule has 0 saturated carbocycles. The van der Waals surface area contributed by atoms with Crippen molar-refractivity contribution in [2.75, 3.05) is 5.32 Å². The van der Waals surface area contributed by atoms with Gasteiger partial charge in [0, 0.05) is 10.0 Å². The monoisotopic (exact) mass is 511 g/mol. The van der Waals surface area contributed by atoms with Crippen LogP contribution in [0.4, 0.5) is 10.1 Å². The minimum Gasteiger partial charge on any atom is -0.422 e. The van der Waals surface area contributed by atoms with Crippen molar-refractivity contribution >= 4 is 45.1 Å². The lowest BCUT2D eigenvalue weighted by Crippen LogP contribution is -2.33. The van der Waals surface area contributed by atoms with E-state index in [0.717, 1.165) is 11.6 Å². The van der Waals surface area contributed by atoms with Gasteiger partial charge in [-0.15, -0.1) is 0 Å². The molecule has 0 fully saturated rings. The van der Waals surface area contributed by atoms with E-state index in [-0.39, 0.29) is 11.4 Å². The van der Waals surface area contributed by atoms with Crippen LogP contribution in [-0.2, 0) is 9.59 Å². The van der Waals surface area contributed by atoms with Crippen LogP contribution in [0.1, 0.15) is 28.4 Å². The fourth-order valence-electron chi connectivity index (χ4n) is 2.83. The third-order valence-corrected chi connectivity index (χ3v) is 5.05. The predicted molar refractivity (Wildman–Crippen MR) is 126 cm³/mol. The van der Waals surface area contributed by atoms with Gasteiger partial charge in [0.05, 0.1) is 17.0 Å². The molecule has 7 nitrogen and oxygen atoms in total. The Morgan fingerprint density at radius 1 is 0.939 bits per heavy atom. The molecule has 168 valence electrons. The van der Waals surface area contributed by atoms with Crippen LogP contribution in [0.2, 0.25) is 0 Å². The number of carbonyl (C=O) groups excluding carboxylic acids is 3. The first-order chi connectivity index (χ1) is 15.8. The second-order valence-electron chi connectivity index (χ2n) is 6.92. The number of nitrogens with zero attached hydrogens (tertiary/aromatic N) is 1. The van der Waals surface area contributed by atoms with Crippen molar-refractivity contribution in [1.29, 1.82) is 0 Å². The van der Waals surface area contributed by atoms with Gasteiger partial charge >= 0.3 is 17.8 Å². The highest BCUT2D eigenvalue weighted by Gasteiger charge is 2.17. The molecule has 3 aromatic carbocycles. The van der Waals surface area contributed by atoms with Crippen LogP contribution in [0, 0.1) is 12.7 Å². The molecule has 0 radical (unpaired) electrons. The molecule has 0 aliphatic heterocycles. The van der Waals surface area contributed by atoms with E-state index in [1.807, 2.05) is 6.07 Å². The maximum atomic E-state index is 13.9. The van der Waals surface area contributed by atoms with Crippen LogP contribution in [0.25, 0.3) is 0 Å². The molecule has 0 bridgehead atoms. The second-order valence-corrected chi connectivity index (χ2v) is 7.83. The number of anilines is 1. The Bertz CT molecular complexity index is 1260. The van der Waals surface area contributed by atoms with Gasteiger partial charge in [-0.3, -0.25) is 9.59 Å². The van der Waals surface area contributed by atoms with E-state index in [0.29, 0.717) is 21.3 Å². The third kappa shape index (κ3) is 6.11. The topological polar surface area (TPSA) is 96.9 Å². The molecular weight excluding hydrogens is 493 g/mol. The van der Waals surface area contributed by atoms with Crippen molar-refractivity contribution < 1.29 is 23.5 Å². The summed E-state index contributed by atoms with van der Waals surface area (Å²) in [6.45, 7) is 3.38. The maximum Gasteiger partial charge on any atom is 0.343 e. The Morgan fingerprint density at radius 3 is 2.30 bits per heavy atom. The van der Waals surface area contributed by atoms with Crippen LogP contribution in [0.3, 0.4) is 0 Å². The quantitative estimate of drug-likeness (QED) is 0.172. The van der Waals surface area contributed by atoms with Crippen molar-refractivity contribution in [1.82, 2.24) is 5.43 Å². The van der Waals surface area contributed by atoms with E-state index < -0.39 is 23.6 Å². The third-order valence-electron chi connectivity index (χ3n) is 4.56. The fraction of sp³-hybridized carbons (Fsp3) is 0.0833. The van der Waals surface area contributed by atoms with E-state index in [1.54, 1.807) is 56.3 Å². The first kappa shape index (κ1) is 23.8. The van der Waals surface area contributed by atoms with Gasteiger partial charge < -0.3 is 10.1 Å². The number of hydrogen-bond donors (Lipinski definition) is 2. The van der Waals surface area contributed by atoms with Crippen molar-refractivity contribution in [2.45, 2.75) is 13.8 Å². The molecule has 9 heteroatoms. The van der Waals surface area contributed by atoms with Crippen molar-refractivity contribution in [3.8, 4) is 5.75 Å². The lowest BCUT2D eigenvalue weighted by molar-refractivity contribution is -0.136. The molecule has 33 heavy (non-hydrogen) atoms. The normalized spacial score (nSPS) is 11.0. The number of ether oxygens (including phenoxy) is 1. The summed E-state index contributed by atoms with van der Waals surface area (Å²) in [5.41, 5.74) is 3.90. The molecule has 0 atom stereocenters. The van der Waals surface area contributed by atoms with Gasteiger partial charge in [0.25, 0.3) is 0 Å². The highest BCUT2D eigenvalue weighted by Crippen LogP contribution is 2.21. The fourth-order valence-corrected chi connectivity index (χ4v) is 3.16. The number of nitrogens with one attached hydrogen (secondary N) is 2. The number of hydrogen-bond acceptors (Lipinski definition) is 5. The summed E-state index contributed by atoms with van der Waals surface area (Å²) >= 11 is 3.11. The van der Waals surface area contributed by atoms with Gasteiger partial charge in [0.2, 0.25) is 0 Å². The smallest absolute Gasteiger partial charge is 0.343 e. The SMILES string of the molecule is CC(=NNC(=O)C(=O)Nc1ccc(Br)cc1F)c1ccccc1OC(=O)c1ccccc1C. The molecule has 0 unspecified atom stereocenters. The summed E-state index contributed by atoms with van der Waals surface area (Å²) in [7, 11) is 0. The Morgan fingerprint density at radius 2 is 1.61 bits per heavy atom. The molecule has 0 aliphatic rings. The van der Waals surface area contributed by atoms with Gasteiger partial charge in [-0.1, -0.05) is 46.3 Å². The number of aryl methyl sites for hydroxylation is 1. The van der Waals surface area contributed by atoms with Crippen LogP contribution < -0.4 is 15.5 Å². The molecule has 0 heterocycles. The average molecular weight is 512 g/mol. The van der Waals surface area contributed by atoms with Crippen molar-refractivity contribution in [2.24, 2.45) is 5.10 Å². The Hall–Kier alpha value is -3.85. The van der Waals surface area contributed by atoms with Gasteiger partial charge in [-0.2, -0.15) is 5.10 Å². The minimum absolute atomic E-state index is 0.146. The molecule has 0 spiro atoms. The molecular formula is C24H19BrFN3O4. The van der Waals surface area contributed by atoms with Gasteiger partial charge in [0.15, 0.2) is 0 Å². The Balaban J connectivity index is 1.70. The highest BCUT2D eigenvalue weighted by molar-refractivity contribution is 9.10. The van der Waals surface area contributed by atoms with E-state index >= 15 is 0 Å². The standard InChI is InChI=1S/C24H19BrFN3O4/c1-14-7-3-4-8-17(14)24(32)33-21-10-6-5-9-18(21)15(2)28-29-23(31)22(30)27-20-12-11-16(25)13-19(20)26/h3-13H,1-2H3,(H,27,30)(H,29,31). The maximum absolute atomic E-state index is 13.9. The first-order valence-electron chi connectivity index (χ1n) is 9.74. The van der Waals surface area contributed by atoms with Gasteiger partial charge in [-0.25, -0.2) is 14.6 Å². The number of rotatable bonds is 5.